The van der Waals surface area contributed by atoms with E-state index in [2.05, 4.69) is 15.7 Å². The number of hydrogen-bond acceptors (Lipinski definition) is 8. The number of anilines is 2. The van der Waals surface area contributed by atoms with Crippen LogP contribution in [0.15, 0.2) is 52.8 Å². The van der Waals surface area contributed by atoms with Crippen molar-refractivity contribution in [2.45, 2.75) is 25.4 Å². The van der Waals surface area contributed by atoms with Crippen LogP contribution in [-0.4, -0.2) is 55.6 Å². The van der Waals surface area contributed by atoms with E-state index in [1.165, 1.54) is 19.2 Å². The molecule has 2 aliphatic rings. The van der Waals surface area contributed by atoms with Gasteiger partial charge in [0.05, 0.1) is 19.9 Å². The lowest BCUT2D eigenvalue weighted by Gasteiger charge is -2.20. The van der Waals surface area contributed by atoms with E-state index in [0.717, 1.165) is 16.9 Å². The first-order chi connectivity index (χ1) is 15.5. The molecule has 0 bridgehead atoms. The second-order valence-electron chi connectivity index (χ2n) is 7.34. The minimum absolute atomic E-state index is 0.235. The van der Waals surface area contributed by atoms with Crippen LogP contribution in [0.4, 0.5) is 11.4 Å². The molecule has 3 amide bonds. The van der Waals surface area contributed by atoms with Gasteiger partial charge in [-0.2, -0.15) is 5.11 Å². The van der Waals surface area contributed by atoms with Gasteiger partial charge in [-0.3, -0.25) is 19.4 Å². The Morgan fingerprint density at radius 3 is 2.41 bits per heavy atom. The Bertz CT molecular complexity index is 1080. The van der Waals surface area contributed by atoms with Crippen LogP contribution in [0.1, 0.15) is 12.5 Å². The van der Waals surface area contributed by atoms with Gasteiger partial charge in [-0.15, -0.1) is 0 Å². The quantitative estimate of drug-likeness (QED) is 0.665. The van der Waals surface area contributed by atoms with Crippen molar-refractivity contribution in [3.05, 3.63) is 48.0 Å². The molecule has 2 heterocycles. The molecule has 1 N–H and O–H groups in total. The van der Waals surface area contributed by atoms with Gasteiger partial charge >= 0.3 is 0 Å². The number of aryl methyl sites for hydroxylation is 1. The third-order valence-corrected chi connectivity index (χ3v) is 5.43. The first-order valence-electron chi connectivity index (χ1n) is 10.1. The first-order valence-corrected chi connectivity index (χ1v) is 10.1. The Kier molecular flexibility index (Phi) is 5.76. The maximum absolute atomic E-state index is 13.0. The number of benzene rings is 2. The predicted octanol–water partition coefficient (Wildman–Crippen LogP) is 2.20. The highest BCUT2D eigenvalue weighted by atomic mass is 16.5. The standard InChI is InChI=1S/C22H23N5O5/c1-4-13-5-8-15(9-6-13)27-21(29)19-20(22(27)30)26(25-24-19)12-18(28)23-14-7-10-16(31-2)17(11-14)32-3/h5-11,19-20H,4,12H2,1-3H3,(H,23,28). The van der Waals surface area contributed by atoms with Crippen molar-refractivity contribution in [3.8, 4) is 11.5 Å². The maximum Gasteiger partial charge on any atom is 0.263 e. The fourth-order valence-electron chi connectivity index (χ4n) is 3.75. The summed E-state index contributed by atoms with van der Waals surface area (Å²) in [4.78, 5) is 39.5. The zero-order chi connectivity index (χ0) is 22.8. The number of imide groups is 1. The lowest BCUT2D eigenvalue weighted by molar-refractivity contribution is -0.123. The van der Waals surface area contributed by atoms with Crippen LogP contribution < -0.4 is 19.7 Å². The molecule has 0 aliphatic carbocycles. The monoisotopic (exact) mass is 437 g/mol. The summed E-state index contributed by atoms with van der Waals surface area (Å²) >= 11 is 0. The molecular formula is C22H23N5O5. The molecule has 0 saturated carbocycles. The van der Waals surface area contributed by atoms with Gasteiger partial charge in [0.15, 0.2) is 23.6 Å². The van der Waals surface area contributed by atoms with E-state index < -0.39 is 29.8 Å². The molecule has 10 heteroatoms. The zero-order valence-corrected chi connectivity index (χ0v) is 17.9. The van der Waals surface area contributed by atoms with Crippen molar-refractivity contribution < 1.29 is 23.9 Å². The number of amides is 3. The zero-order valence-electron chi connectivity index (χ0n) is 17.9. The van der Waals surface area contributed by atoms with Crippen molar-refractivity contribution in [2.24, 2.45) is 10.3 Å². The van der Waals surface area contributed by atoms with Gasteiger partial charge in [0.1, 0.15) is 6.54 Å². The number of methoxy groups -OCH3 is 2. The Morgan fingerprint density at radius 1 is 1.03 bits per heavy atom. The van der Waals surface area contributed by atoms with E-state index in [4.69, 9.17) is 9.47 Å². The van der Waals surface area contributed by atoms with Crippen LogP contribution in [0.3, 0.4) is 0 Å². The molecule has 0 radical (unpaired) electrons. The summed E-state index contributed by atoms with van der Waals surface area (Å²) < 4.78 is 10.4. The average molecular weight is 437 g/mol. The topological polar surface area (TPSA) is 113 Å². The third-order valence-electron chi connectivity index (χ3n) is 5.43. The Balaban J connectivity index is 1.46. The molecule has 2 atom stereocenters. The lowest BCUT2D eigenvalue weighted by atomic mass is 10.1. The van der Waals surface area contributed by atoms with E-state index in [1.807, 2.05) is 19.1 Å². The summed E-state index contributed by atoms with van der Waals surface area (Å²) in [7, 11) is 3.02. The van der Waals surface area contributed by atoms with Crippen molar-refractivity contribution in [1.82, 2.24) is 5.01 Å². The summed E-state index contributed by atoms with van der Waals surface area (Å²) in [5, 5.41) is 11.8. The number of rotatable bonds is 7. The smallest absolute Gasteiger partial charge is 0.263 e. The van der Waals surface area contributed by atoms with Gasteiger partial charge in [-0.1, -0.05) is 24.3 Å². The van der Waals surface area contributed by atoms with Crippen LogP contribution in [0.2, 0.25) is 0 Å². The van der Waals surface area contributed by atoms with E-state index in [1.54, 1.807) is 30.3 Å². The summed E-state index contributed by atoms with van der Waals surface area (Å²) in [5.41, 5.74) is 2.07. The van der Waals surface area contributed by atoms with Crippen molar-refractivity contribution >= 4 is 29.1 Å². The van der Waals surface area contributed by atoms with Crippen LogP contribution in [0.25, 0.3) is 0 Å². The summed E-state index contributed by atoms with van der Waals surface area (Å²) in [6.07, 6.45) is 0.852. The highest BCUT2D eigenvalue weighted by molar-refractivity contribution is 6.25. The molecular weight excluding hydrogens is 414 g/mol. The molecule has 2 aromatic carbocycles. The molecule has 0 spiro atoms. The molecule has 4 rings (SSSR count). The molecule has 1 saturated heterocycles. The molecule has 2 unspecified atom stereocenters. The van der Waals surface area contributed by atoms with Gasteiger partial charge < -0.3 is 14.8 Å². The second kappa shape index (κ2) is 8.66. The number of ether oxygens (including phenoxy) is 2. The summed E-state index contributed by atoms with van der Waals surface area (Å²) in [6.45, 7) is 1.79. The fourth-order valence-corrected chi connectivity index (χ4v) is 3.75. The first kappa shape index (κ1) is 21.3. The van der Waals surface area contributed by atoms with Crippen molar-refractivity contribution in [1.29, 1.82) is 0 Å². The van der Waals surface area contributed by atoms with E-state index in [0.29, 0.717) is 22.9 Å². The molecule has 10 nitrogen and oxygen atoms in total. The normalized spacial score (nSPS) is 19.3. The Labute approximate surface area is 184 Å². The van der Waals surface area contributed by atoms with Gasteiger partial charge in [0, 0.05) is 11.8 Å². The summed E-state index contributed by atoms with van der Waals surface area (Å²) in [5.74, 6) is -0.317. The molecule has 2 aromatic rings. The van der Waals surface area contributed by atoms with Gasteiger partial charge in [0.25, 0.3) is 11.8 Å². The second-order valence-corrected chi connectivity index (χ2v) is 7.34. The van der Waals surface area contributed by atoms with E-state index in [9.17, 15) is 14.4 Å². The molecule has 0 aromatic heterocycles. The van der Waals surface area contributed by atoms with Crippen LogP contribution in [0.5, 0.6) is 11.5 Å². The SMILES string of the molecule is CCc1ccc(N2C(=O)C3N=NN(CC(=O)Nc4ccc(OC)c(OC)c4)C3C2=O)cc1. The summed E-state index contributed by atoms with van der Waals surface area (Å²) in [6, 6.07) is 10.3. The number of fused-ring (bicyclic) bond motifs is 1. The largest absolute Gasteiger partial charge is 0.493 e. The molecule has 166 valence electrons. The highest BCUT2D eigenvalue weighted by Gasteiger charge is 2.55. The Morgan fingerprint density at radius 2 is 1.75 bits per heavy atom. The van der Waals surface area contributed by atoms with Crippen LogP contribution in [0, 0.1) is 0 Å². The van der Waals surface area contributed by atoms with E-state index in [-0.39, 0.29) is 6.54 Å². The molecule has 2 aliphatic heterocycles. The third kappa shape index (κ3) is 3.75. The average Bonchev–Trinajstić information content (AvgIpc) is 3.32. The van der Waals surface area contributed by atoms with Crippen molar-refractivity contribution in [3.63, 3.8) is 0 Å². The minimum atomic E-state index is -0.956. The number of carbonyl (C=O) groups excluding carboxylic acids is 3. The number of nitrogens with one attached hydrogen (secondary N) is 1. The number of carbonyl (C=O) groups is 3. The van der Waals surface area contributed by atoms with Gasteiger partial charge in [-0.25, -0.2) is 4.90 Å². The lowest BCUT2D eigenvalue weighted by Crippen LogP contribution is -2.43. The molecule has 32 heavy (non-hydrogen) atoms. The fraction of sp³-hybridized carbons (Fsp3) is 0.318. The number of nitrogens with zero attached hydrogens (tertiary/aromatic N) is 4. The van der Waals surface area contributed by atoms with Crippen LogP contribution in [-0.2, 0) is 20.8 Å². The van der Waals surface area contributed by atoms with Gasteiger partial charge in [0.2, 0.25) is 5.91 Å². The predicted molar refractivity (Wildman–Crippen MR) is 116 cm³/mol. The maximum atomic E-state index is 13.0. The van der Waals surface area contributed by atoms with Crippen LogP contribution >= 0.6 is 0 Å². The highest BCUT2D eigenvalue weighted by Crippen LogP contribution is 2.32. The van der Waals surface area contributed by atoms with Gasteiger partial charge in [-0.05, 0) is 36.2 Å². The molecule has 1 fully saturated rings. The minimum Gasteiger partial charge on any atom is -0.493 e. The Hall–Kier alpha value is -3.95. The van der Waals surface area contributed by atoms with E-state index >= 15 is 0 Å². The van der Waals surface area contributed by atoms with Crippen molar-refractivity contribution in [2.75, 3.05) is 31.0 Å². The number of hydrogen-bond donors (Lipinski definition) is 1.